The van der Waals surface area contributed by atoms with Crippen LogP contribution in [-0.2, 0) is 11.2 Å². The van der Waals surface area contributed by atoms with Gasteiger partial charge in [-0.2, -0.15) is 5.10 Å². The molecule has 0 atom stereocenters. The molecule has 0 amide bonds. The van der Waals surface area contributed by atoms with E-state index in [4.69, 9.17) is 26.2 Å². The highest BCUT2D eigenvalue weighted by Crippen LogP contribution is 2.30. The molecule has 0 aliphatic carbocycles. The summed E-state index contributed by atoms with van der Waals surface area (Å²) in [6, 6.07) is 20.8. The Bertz CT molecular complexity index is 1460. The number of hydrazone groups is 1. The summed E-state index contributed by atoms with van der Waals surface area (Å²) in [6.45, 7) is 1.87. The fourth-order valence-corrected chi connectivity index (χ4v) is 4.40. The minimum absolute atomic E-state index is 0.0103. The van der Waals surface area contributed by atoms with Crippen LogP contribution in [0.2, 0.25) is 5.02 Å². The van der Waals surface area contributed by atoms with Gasteiger partial charge in [0.05, 0.1) is 19.9 Å². The van der Waals surface area contributed by atoms with E-state index in [1.165, 1.54) is 0 Å². The summed E-state index contributed by atoms with van der Waals surface area (Å²) in [6.07, 6.45) is 0.142. The fourth-order valence-electron chi connectivity index (χ4n) is 4.27. The number of carbonyl (C=O) groups excluding carboxylic acids is 1. The van der Waals surface area contributed by atoms with Crippen molar-refractivity contribution in [3.05, 3.63) is 94.3 Å². The number of Topliss-reactive ketones (excluding diaryl/α,β-unsaturated/α-hetero) is 1. The number of hydrogen-bond donors (Lipinski definition) is 0. The smallest absolute Gasteiger partial charge is 0.252 e. The number of rotatable bonds is 7. The quantitative estimate of drug-likeness (QED) is 0.367. The van der Waals surface area contributed by atoms with Gasteiger partial charge in [0.15, 0.2) is 5.78 Å². The highest BCUT2D eigenvalue weighted by Gasteiger charge is 2.27. The first-order valence-corrected chi connectivity index (χ1v) is 11.7. The number of nitrogens with zero attached hydrogens (tertiary/aromatic N) is 5. The molecule has 1 aliphatic heterocycles. The predicted octanol–water partition coefficient (Wildman–Crippen LogP) is 4.63. The van der Waals surface area contributed by atoms with Gasteiger partial charge in [-0.15, -0.1) is 10.2 Å². The van der Waals surface area contributed by atoms with Crippen LogP contribution in [0.1, 0.15) is 22.5 Å². The number of para-hydroxylation sites is 1. The number of ketones is 1. The maximum atomic E-state index is 13.4. The van der Waals surface area contributed by atoms with Crippen LogP contribution in [0.25, 0.3) is 5.69 Å². The molecule has 0 unspecified atom stereocenters. The van der Waals surface area contributed by atoms with Crippen molar-refractivity contribution in [2.24, 2.45) is 5.10 Å². The number of halogens is 1. The van der Waals surface area contributed by atoms with E-state index in [-0.39, 0.29) is 18.7 Å². The summed E-state index contributed by atoms with van der Waals surface area (Å²) >= 11 is 6.14. The molecule has 8 nitrogen and oxygen atoms in total. The maximum absolute atomic E-state index is 13.4. The van der Waals surface area contributed by atoms with E-state index in [0.29, 0.717) is 34.0 Å². The van der Waals surface area contributed by atoms with Gasteiger partial charge in [-0.1, -0.05) is 41.9 Å². The van der Waals surface area contributed by atoms with E-state index in [0.717, 1.165) is 22.4 Å². The van der Waals surface area contributed by atoms with Gasteiger partial charge < -0.3 is 9.47 Å². The third kappa shape index (κ3) is 4.43. The van der Waals surface area contributed by atoms with Gasteiger partial charge in [-0.3, -0.25) is 9.36 Å². The largest absolute Gasteiger partial charge is 0.497 e. The second kappa shape index (κ2) is 9.83. The van der Waals surface area contributed by atoms with Crippen molar-refractivity contribution < 1.29 is 14.3 Å². The Morgan fingerprint density at radius 1 is 0.972 bits per heavy atom. The Balaban J connectivity index is 1.57. The van der Waals surface area contributed by atoms with Gasteiger partial charge in [0.1, 0.15) is 29.6 Å². The monoisotopic (exact) mass is 501 g/mol. The molecule has 0 spiro atoms. The lowest BCUT2D eigenvalue weighted by Crippen LogP contribution is -2.29. The molecule has 4 aromatic rings. The molecule has 0 saturated carbocycles. The van der Waals surface area contributed by atoms with Crippen LogP contribution in [0, 0.1) is 6.92 Å². The average molecular weight is 502 g/mol. The van der Waals surface area contributed by atoms with Crippen LogP contribution < -0.4 is 14.5 Å². The second-order valence-electron chi connectivity index (χ2n) is 8.31. The first kappa shape index (κ1) is 23.6. The maximum Gasteiger partial charge on any atom is 0.252 e. The van der Waals surface area contributed by atoms with E-state index in [2.05, 4.69) is 10.2 Å². The normalized spacial score (nSPS) is 12.3. The highest BCUT2D eigenvalue weighted by molar-refractivity contribution is 6.30. The van der Waals surface area contributed by atoms with Gasteiger partial charge in [0.25, 0.3) is 5.95 Å². The number of ether oxygens (including phenoxy) is 2. The molecular weight excluding hydrogens is 478 g/mol. The fraction of sp³-hybridized carbons (Fsp3) is 0.185. The number of fused-ring (bicyclic) bond motifs is 3. The zero-order chi connectivity index (χ0) is 25.2. The molecule has 1 aromatic heterocycles. The van der Waals surface area contributed by atoms with Crippen LogP contribution in [-0.4, -0.2) is 47.0 Å². The number of carbonyl (C=O) groups is 1. The third-order valence-electron chi connectivity index (χ3n) is 5.98. The zero-order valence-electron chi connectivity index (χ0n) is 20.1. The van der Waals surface area contributed by atoms with Crippen molar-refractivity contribution in [3.8, 4) is 17.2 Å². The minimum atomic E-state index is -0.0704. The zero-order valence-corrected chi connectivity index (χ0v) is 20.9. The van der Waals surface area contributed by atoms with Gasteiger partial charge in [0.2, 0.25) is 0 Å². The van der Waals surface area contributed by atoms with E-state index in [1.807, 2.05) is 66.1 Å². The van der Waals surface area contributed by atoms with Gasteiger partial charge in [0, 0.05) is 28.1 Å². The van der Waals surface area contributed by atoms with Crippen molar-refractivity contribution in [2.75, 3.05) is 25.8 Å². The summed E-state index contributed by atoms with van der Waals surface area (Å²) in [4.78, 5) is 13.4. The van der Waals surface area contributed by atoms with E-state index in [1.54, 1.807) is 31.4 Å². The van der Waals surface area contributed by atoms with Crippen molar-refractivity contribution in [2.45, 2.75) is 13.3 Å². The SMILES string of the molecule is COc1ccc(OC)c(CC(=O)CN2N=C(c3ccc(Cl)cc3)c3ccccc3-n3c(C)nnc32)c1. The van der Waals surface area contributed by atoms with Crippen LogP contribution in [0.4, 0.5) is 5.95 Å². The number of hydrogen-bond acceptors (Lipinski definition) is 7. The summed E-state index contributed by atoms with van der Waals surface area (Å²) < 4.78 is 12.7. The molecule has 0 saturated heterocycles. The molecule has 2 heterocycles. The molecule has 5 rings (SSSR count). The topological polar surface area (TPSA) is 81.8 Å². The molecule has 9 heteroatoms. The third-order valence-corrected chi connectivity index (χ3v) is 6.23. The van der Waals surface area contributed by atoms with Crippen molar-refractivity contribution >= 4 is 29.0 Å². The van der Waals surface area contributed by atoms with Crippen molar-refractivity contribution in [1.82, 2.24) is 14.8 Å². The second-order valence-corrected chi connectivity index (χ2v) is 8.74. The summed E-state index contributed by atoms with van der Waals surface area (Å²) in [5.41, 5.74) is 4.09. The number of methoxy groups -OCH3 is 2. The molecule has 0 bridgehead atoms. The minimum Gasteiger partial charge on any atom is -0.497 e. The number of benzene rings is 3. The Hall–Kier alpha value is -4.17. The molecule has 182 valence electrons. The lowest BCUT2D eigenvalue weighted by Gasteiger charge is -2.17. The standard InChI is InChI=1S/C27H24ClN5O3/c1-17-29-30-27-32(16-21(34)14-19-15-22(35-2)12-13-25(19)36-3)31-26(18-8-10-20(28)11-9-18)23-6-4-5-7-24(23)33(17)27/h4-13,15H,14,16H2,1-3H3. The average Bonchev–Trinajstić information content (AvgIpc) is 3.21. The van der Waals surface area contributed by atoms with Gasteiger partial charge >= 0.3 is 0 Å². The molecule has 0 N–H and O–H groups in total. The number of aromatic nitrogens is 3. The highest BCUT2D eigenvalue weighted by atomic mass is 35.5. The lowest BCUT2D eigenvalue weighted by molar-refractivity contribution is -0.117. The van der Waals surface area contributed by atoms with E-state index >= 15 is 0 Å². The number of anilines is 1. The molecule has 1 aliphatic rings. The van der Waals surface area contributed by atoms with Gasteiger partial charge in [-0.25, -0.2) is 5.01 Å². The Morgan fingerprint density at radius 3 is 2.50 bits per heavy atom. The van der Waals surface area contributed by atoms with Crippen LogP contribution in [0.3, 0.4) is 0 Å². The summed E-state index contributed by atoms with van der Waals surface area (Å²) in [5.74, 6) is 2.37. The van der Waals surface area contributed by atoms with Crippen molar-refractivity contribution in [3.63, 3.8) is 0 Å². The van der Waals surface area contributed by atoms with Crippen LogP contribution >= 0.6 is 11.6 Å². The van der Waals surface area contributed by atoms with Crippen molar-refractivity contribution in [1.29, 1.82) is 0 Å². The number of aryl methyl sites for hydroxylation is 1. The van der Waals surface area contributed by atoms with E-state index < -0.39 is 0 Å². The first-order valence-electron chi connectivity index (χ1n) is 11.3. The summed E-state index contributed by atoms with van der Waals surface area (Å²) in [7, 11) is 3.17. The predicted molar refractivity (Wildman–Crippen MR) is 139 cm³/mol. The Labute approximate surface area is 213 Å². The molecule has 36 heavy (non-hydrogen) atoms. The molecule has 3 aromatic carbocycles. The summed E-state index contributed by atoms with van der Waals surface area (Å²) in [5, 5.41) is 15.8. The van der Waals surface area contributed by atoms with Crippen LogP contribution in [0.5, 0.6) is 11.5 Å². The first-order chi connectivity index (χ1) is 17.5. The van der Waals surface area contributed by atoms with Gasteiger partial charge in [-0.05, 0) is 43.3 Å². The van der Waals surface area contributed by atoms with Crippen LogP contribution in [0.15, 0.2) is 71.8 Å². The van der Waals surface area contributed by atoms with E-state index in [9.17, 15) is 4.79 Å². The molecular formula is C27H24ClN5O3. The molecule has 0 radical (unpaired) electrons. The Morgan fingerprint density at radius 2 is 1.75 bits per heavy atom. The molecule has 0 fully saturated rings. The Kier molecular flexibility index (Phi) is 6.43. The lowest BCUT2D eigenvalue weighted by atomic mass is 10.0.